The molecular formula is C19H22ClN5OS. The maximum atomic E-state index is 12.7. The van der Waals surface area contributed by atoms with E-state index in [1.165, 1.54) is 4.88 Å². The van der Waals surface area contributed by atoms with Crippen molar-refractivity contribution >= 4 is 35.3 Å². The van der Waals surface area contributed by atoms with Crippen LogP contribution in [0.3, 0.4) is 0 Å². The fourth-order valence-corrected chi connectivity index (χ4v) is 4.06. The Morgan fingerprint density at radius 2 is 2.07 bits per heavy atom. The van der Waals surface area contributed by atoms with Crippen LogP contribution in [0.25, 0.3) is 10.4 Å². The smallest absolute Gasteiger partial charge is 0.278 e. The quantitative estimate of drug-likeness (QED) is 0.692. The molecule has 142 valence electrons. The molecule has 1 saturated heterocycles. The van der Waals surface area contributed by atoms with Crippen LogP contribution < -0.4 is 10.6 Å². The van der Waals surface area contributed by atoms with Crippen molar-refractivity contribution in [1.29, 1.82) is 0 Å². The van der Waals surface area contributed by atoms with Gasteiger partial charge in [0.05, 0.1) is 11.7 Å². The number of hydrogen-bond donors (Lipinski definition) is 2. The molecule has 0 atom stereocenters. The Morgan fingerprint density at radius 1 is 1.26 bits per heavy atom. The van der Waals surface area contributed by atoms with Crippen molar-refractivity contribution in [3.8, 4) is 10.4 Å². The summed E-state index contributed by atoms with van der Waals surface area (Å²) in [6.45, 7) is 3.86. The lowest BCUT2D eigenvalue weighted by molar-refractivity contribution is 0.102. The van der Waals surface area contributed by atoms with Gasteiger partial charge in [-0.15, -0.1) is 28.8 Å². The Balaban J connectivity index is 0.00000210. The molecule has 1 aliphatic heterocycles. The predicted molar refractivity (Wildman–Crippen MR) is 111 cm³/mol. The molecule has 1 amide bonds. The highest BCUT2D eigenvalue weighted by atomic mass is 35.5. The van der Waals surface area contributed by atoms with Crippen molar-refractivity contribution in [3.63, 3.8) is 0 Å². The Bertz CT molecular complexity index is 903. The molecule has 4 rings (SSSR count). The number of nitrogens with zero attached hydrogens (tertiary/aromatic N) is 3. The van der Waals surface area contributed by atoms with Crippen LogP contribution in [0.15, 0.2) is 41.8 Å². The van der Waals surface area contributed by atoms with E-state index in [1.54, 1.807) is 11.3 Å². The second kappa shape index (κ2) is 8.65. The fraction of sp³-hybridized carbons (Fsp3) is 0.316. The number of hydrogen-bond acceptors (Lipinski definition) is 5. The normalized spacial score (nSPS) is 14.6. The number of thiophene rings is 1. The molecular weight excluding hydrogens is 382 g/mol. The number of aromatic nitrogens is 3. The summed E-state index contributed by atoms with van der Waals surface area (Å²) < 4.78 is 1.90. The van der Waals surface area contributed by atoms with Crippen LogP contribution in [0, 0.1) is 6.92 Å². The zero-order valence-electron chi connectivity index (χ0n) is 15.0. The monoisotopic (exact) mass is 403 g/mol. The highest BCUT2D eigenvalue weighted by Crippen LogP contribution is 2.27. The SMILES string of the molecule is Cc1c(C(=O)Nc2cccc(-c3cccs3)c2)nnn1C1CCNCC1.Cl. The first-order chi connectivity index (χ1) is 12.7. The number of anilines is 1. The van der Waals surface area contributed by atoms with Crippen molar-refractivity contribution in [2.75, 3.05) is 18.4 Å². The van der Waals surface area contributed by atoms with E-state index in [0.29, 0.717) is 11.7 Å². The molecule has 1 fully saturated rings. The minimum atomic E-state index is -0.217. The summed E-state index contributed by atoms with van der Waals surface area (Å²) in [4.78, 5) is 13.9. The van der Waals surface area contributed by atoms with E-state index < -0.39 is 0 Å². The van der Waals surface area contributed by atoms with Gasteiger partial charge in [-0.25, -0.2) is 4.68 Å². The number of piperidine rings is 1. The second-order valence-corrected chi connectivity index (χ2v) is 7.41. The molecule has 0 aliphatic carbocycles. The van der Waals surface area contributed by atoms with Gasteiger partial charge in [-0.05, 0) is 62.0 Å². The number of amides is 1. The molecule has 3 aromatic rings. The van der Waals surface area contributed by atoms with E-state index in [2.05, 4.69) is 27.0 Å². The Morgan fingerprint density at radius 3 is 2.81 bits per heavy atom. The molecule has 0 saturated carbocycles. The van der Waals surface area contributed by atoms with Gasteiger partial charge in [-0.1, -0.05) is 23.4 Å². The number of benzene rings is 1. The molecule has 8 heteroatoms. The van der Waals surface area contributed by atoms with Gasteiger partial charge in [0, 0.05) is 10.6 Å². The molecule has 1 aromatic carbocycles. The third-order valence-corrected chi connectivity index (χ3v) is 5.64. The van der Waals surface area contributed by atoms with Crippen LogP contribution in [-0.4, -0.2) is 34.0 Å². The Labute approximate surface area is 168 Å². The molecule has 2 aromatic heterocycles. The van der Waals surface area contributed by atoms with Crippen LogP contribution in [0.2, 0.25) is 0 Å². The van der Waals surface area contributed by atoms with Gasteiger partial charge >= 0.3 is 0 Å². The average Bonchev–Trinajstić information content (AvgIpc) is 3.32. The number of carbonyl (C=O) groups excluding carboxylic acids is 1. The van der Waals surface area contributed by atoms with Crippen molar-refractivity contribution < 1.29 is 4.79 Å². The van der Waals surface area contributed by atoms with E-state index in [-0.39, 0.29) is 18.3 Å². The molecule has 6 nitrogen and oxygen atoms in total. The molecule has 1 aliphatic rings. The van der Waals surface area contributed by atoms with E-state index >= 15 is 0 Å². The summed E-state index contributed by atoms with van der Waals surface area (Å²) in [6, 6.07) is 12.3. The van der Waals surface area contributed by atoms with Crippen molar-refractivity contribution in [3.05, 3.63) is 53.2 Å². The summed E-state index contributed by atoms with van der Waals surface area (Å²) in [5, 5.41) is 16.7. The lowest BCUT2D eigenvalue weighted by atomic mass is 10.1. The molecule has 0 radical (unpaired) electrons. The fourth-order valence-electron chi connectivity index (χ4n) is 3.33. The Kier molecular flexibility index (Phi) is 6.26. The topological polar surface area (TPSA) is 71.8 Å². The predicted octanol–water partition coefficient (Wildman–Crippen LogP) is 3.91. The standard InChI is InChI=1S/C19H21N5OS.ClH/c1-13-18(22-23-24(13)16-7-9-20-10-8-16)19(25)21-15-5-2-4-14(12-15)17-6-3-11-26-17;/h2-6,11-12,16,20H,7-10H2,1H3,(H,21,25);1H. The zero-order valence-corrected chi connectivity index (χ0v) is 16.6. The summed E-state index contributed by atoms with van der Waals surface area (Å²) >= 11 is 1.68. The molecule has 0 unspecified atom stereocenters. The van der Waals surface area contributed by atoms with E-state index in [9.17, 15) is 4.79 Å². The molecule has 27 heavy (non-hydrogen) atoms. The van der Waals surface area contributed by atoms with Gasteiger partial charge in [-0.2, -0.15) is 0 Å². The summed E-state index contributed by atoms with van der Waals surface area (Å²) in [5.41, 5.74) is 3.07. The number of nitrogens with one attached hydrogen (secondary N) is 2. The summed E-state index contributed by atoms with van der Waals surface area (Å²) in [6.07, 6.45) is 2.02. The summed E-state index contributed by atoms with van der Waals surface area (Å²) in [7, 11) is 0. The van der Waals surface area contributed by atoms with Crippen molar-refractivity contribution in [1.82, 2.24) is 20.3 Å². The molecule has 2 N–H and O–H groups in total. The minimum absolute atomic E-state index is 0. The van der Waals surface area contributed by atoms with E-state index in [1.807, 2.05) is 47.3 Å². The van der Waals surface area contributed by atoms with Crippen LogP contribution in [-0.2, 0) is 0 Å². The third kappa shape index (κ3) is 4.21. The maximum absolute atomic E-state index is 12.7. The molecule has 0 bridgehead atoms. The number of rotatable bonds is 4. The second-order valence-electron chi connectivity index (χ2n) is 6.46. The van der Waals surface area contributed by atoms with Gasteiger partial charge in [0.15, 0.2) is 5.69 Å². The zero-order chi connectivity index (χ0) is 17.9. The van der Waals surface area contributed by atoms with Crippen LogP contribution >= 0.6 is 23.7 Å². The minimum Gasteiger partial charge on any atom is -0.321 e. The lowest BCUT2D eigenvalue weighted by Crippen LogP contribution is -2.30. The molecule has 0 spiro atoms. The van der Waals surface area contributed by atoms with E-state index in [4.69, 9.17) is 0 Å². The number of halogens is 1. The highest BCUT2D eigenvalue weighted by Gasteiger charge is 2.23. The van der Waals surface area contributed by atoms with Crippen LogP contribution in [0.1, 0.15) is 35.1 Å². The van der Waals surface area contributed by atoms with Gasteiger partial charge in [0.1, 0.15) is 0 Å². The third-order valence-electron chi connectivity index (χ3n) is 4.72. The van der Waals surface area contributed by atoms with Gasteiger partial charge < -0.3 is 10.6 Å². The van der Waals surface area contributed by atoms with Crippen LogP contribution in [0.4, 0.5) is 5.69 Å². The van der Waals surface area contributed by atoms with E-state index in [0.717, 1.165) is 42.9 Å². The molecule has 3 heterocycles. The highest BCUT2D eigenvalue weighted by molar-refractivity contribution is 7.13. The van der Waals surface area contributed by atoms with Gasteiger partial charge in [0.25, 0.3) is 5.91 Å². The first-order valence-electron chi connectivity index (χ1n) is 8.80. The first kappa shape index (κ1) is 19.5. The van der Waals surface area contributed by atoms with Crippen molar-refractivity contribution in [2.24, 2.45) is 0 Å². The maximum Gasteiger partial charge on any atom is 0.278 e. The van der Waals surface area contributed by atoms with Gasteiger partial charge in [-0.3, -0.25) is 4.79 Å². The Hall–Kier alpha value is -2.22. The van der Waals surface area contributed by atoms with Crippen LogP contribution in [0.5, 0.6) is 0 Å². The van der Waals surface area contributed by atoms with Gasteiger partial charge in [0.2, 0.25) is 0 Å². The first-order valence-corrected chi connectivity index (χ1v) is 9.68. The largest absolute Gasteiger partial charge is 0.321 e. The summed E-state index contributed by atoms with van der Waals surface area (Å²) in [5.74, 6) is -0.217. The number of carbonyl (C=O) groups is 1. The lowest BCUT2D eigenvalue weighted by Gasteiger charge is -2.23. The average molecular weight is 404 g/mol. The van der Waals surface area contributed by atoms with Crippen molar-refractivity contribution in [2.45, 2.75) is 25.8 Å².